The van der Waals surface area contributed by atoms with Crippen LogP contribution < -0.4 is 0 Å². The molecule has 1 amide bonds. The zero-order valence-electron chi connectivity index (χ0n) is 13.1. The average molecular weight is 288 g/mol. The van der Waals surface area contributed by atoms with Crippen molar-refractivity contribution in [2.75, 3.05) is 13.1 Å². The first-order valence-corrected chi connectivity index (χ1v) is 7.71. The van der Waals surface area contributed by atoms with Crippen molar-refractivity contribution in [3.8, 4) is 0 Å². The predicted octanol–water partition coefficient (Wildman–Crippen LogP) is 3.14. The van der Waals surface area contributed by atoms with E-state index in [1.165, 1.54) is 5.56 Å². The third-order valence-corrected chi connectivity index (χ3v) is 3.74. The Morgan fingerprint density at radius 2 is 2.05 bits per heavy atom. The van der Waals surface area contributed by atoms with Crippen molar-refractivity contribution in [1.82, 2.24) is 4.90 Å². The maximum atomic E-state index is 12.0. The van der Waals surface area contributed by atoms with Crippen LogP contribution in [0.5, 0.6) is 0 Å². The molecule has 1 unspecified atom stereocenters. The zero-order chi connectivity index (χ0) is 15.2. The molecule has 0 aliphatic carbocycles. The number of aryl methyl sites for hydroxylation is 1. The second-order valence-corrected chi connectivity index (χ2v) is 5.52. The molecule has 0 radical (unpaired) electrons. The van der Waals surface area contributed by atoms with Gasteiger partial charge in [-0.15, -0.1) is 0 Å². The molecule has 4 heteroatoms. The van der Waals surface area contributed by atoms with E-state index in [0.717, 1.165) is 30.7 Å². The number of oxime groups is 1. The number of rotatable bonds is 6. The first-order chi connectivity index (χ1) is 10.1. The summed E-state index contributed by atoms with van der Waals surface area (Å²) in [5.74, 6) is 0.201. The Morgan fingerprint density at radius 1 is 1.33 bits per heavy atom. The highest BCUT2D eigenvalue weighted by Gasteiger charge is 2.25. The van der Waals surface area contributed by atoms with Crippen molar-refractivity contribution in [2.24, 2.45) is 5.16 Å². The van der Waals surface area contributed by atoms with E-state index in [9.17, 15) is 4.79 Å². The summed E-state index contributed by atoms with van der Waals surface area (Å²) in [4.78, 5) is 19.4. The van der Waals surface area contributed by atoms with E-state index in [1.54, 1.807) is 0 Å². The molecule has 2 rings (SSSR count). The lowest BCUT2D eigenvalue weighted by atomic mass is 10.0. The van der Waals surface area contributed by atoms with E-state index in [1.807, 2.05) is 18.7 Å². The summed E-state index contributed by atoms with van der Waals surface area (Å²) in [5, 5.41) is 4.19. The van der Waals surface area contributed by atoms with Crippen LogP contribution in [-0.4, -0.2) is 35.7 Å². The Bertz CT molecular complexity index is 508. The molecule has 0 saturated carbocycles. The third kappa shape index (κ3) is 4.06. The number of benzene rings is 1. The fourth-order valence-electron chi connectivity index (χ4n) is 2.47. The minimum absolute atomic E-state index is 0.0259. The molecule has 21 heavy (non-hydrogen) atoms. The van der Waals surface area contributed by atoms with Gasteiger partial charge < -0.3 is 9.74 Å². The number of hydrogen-bond acceptors (Lipinski definition) is 3. The lowest BCUT2D eigenvalue weighted by molar-refractivity contribution is -0.132. The molecule has 114 valence electrons. The summed E-state index contributed by atoms with van der Waals surface area (Å²) < 4.78 is 0. The molecule has 4 nitrogen and oxygen atoms in total. The fourth-order valence-corrected chi connectivity index (χ4v) is 2.47. The molecule has 0 aromatic heterocycles. The molecule has 1 heterocycles. The zero-order valence-corrected chi connectivity index (χ0v) is 13.1. The van der Waals surface area contributed by atoms with Crippen molar-refractivity contribution in [2.45, 2.75) is 46.1 Å². The van der Waals surface area contributed by atoms with Crippen molar-refractivity contribution in [3.05, 3.63) is 35.4 Å². The van der Waals surface area contributed by atoms with Gasteiger partial charge in [-0.3, -0.25) is 4.79 Å². The lowest BCUT2D eigenvalue weighted by Crippen LogP contribution is -2.37. The number of amides is 1. The summed E-state index contributed by atoms with van der Waals surface area (Å²) in [6.07, 6.45) is 2.22. The molecule has 0 saturated heterocycles. The van der Waals surface area contributed by atoms with Crippen LogP contribution in [0.3, 0.4) is 0 Å². The van der Waals surface area contributed by atoms with E-state index >= 15 is 0 Å². The maximum absolute atomic E-state index is 12.0. The van der Waals surface area contributed by atoms with Gasteiger partial charge in [-0.05, 0) is 25.8 Å². The average Bonchev–Trinajstić information content (AvgIpc) is 2.94. The van der Waals surface area contributed by atoms with Gasteiger partial charge in [0.1, 0.15) is 0 Å². The summed E-state index contributed by atoms with van der Waals surface area (Å²) >= 11 is 0. The first kappa shape index (κ1) is 15.5. The van der Waals surface area contributed by atoms with Crippen LogP contribution in [0.25, 0.3) is 0 Å². The number of carbonyl (C=O) groups is 1. The van der Waals surface area contributed by atoms with Gasteiger partial charge in [-0.1, -0.05) is 41.9 Å². The number of hydrogen-bond donors (Lipinski definition) is 0. The van der Waals surface area contributed by atoms with Crippen molar-refractivity contribution in [3.63, 3.8) is 0 Å². The van der Waals surface area contributed by atoms with Crippen LogP contribution >= 0.6 is 0 Å². The van der Waals surface area contributed by atoms with Crippen molar-refractivity contribution in [1.29, 1.82) is 0 Å². The second kappa shape index (κ2) is 7.25. The summed E-state index contributed by atoms with van der Waals surface area (Å²) in [7, 11) is 0. The fraction of sp³-hybridized carbons (Fsp3) is 0.529. The molecule has 1 aromatic carbocycles. The largest absolute Gasteiger partial charge is 0.390 e. The standard InChI is InChI=1S/C17H24N2O2/c1-4-6-17(20)19(5-2)12-15-11-16(18-21-15)14-9-7-13(3)8-10-14/h7-10,15H,4-6,11-12H2,1-3H3. The molecule has 1 aliphatic rings. The summed E-state index contributed by atoms with van der Waals surface area (Å²) in [5.41, 5.74) is 3.31. The van der Waals surface area contributed by atoms with Crippen LogP contribution in [0, 0.1) is 6.92 Å². The van der Waals surface area contributed by atoms with Gasteiger partial charge in [-0.2, -0.15) is 0 Å². The quantitative estimate of drug-likeness (QED) is 0.807. The molecule has 1 aromatic rings. The Labute approximate surface area is 126 Å². The first-order valence-electron chi connectivity index (χ1n) is 7.71. The number of nitrogens with zero attached hydrogens (tertiary/aromatic N) is 2. The van der Waals surface area contributed by atoms with Gasteiger partial charge in [0.05, 0.1) is 12.3 Å². The van der Waals surface area contributed by atoms with Crippen LogP contribution in [0.4, 0.5) is 0 Å². The van der Waals surface area contributed by atoms with Crippen molar-refractivity contribution < 1.29 is 9.63 Å². The van der Waals surface area contributed by atoms with Gasteiger partial charge in [-0.25, -0.2) is 0 Å². The normalized spacial score (nSPS) is 17.3. The van der Waals surface area contributed by atoms with Gasteiger partial charge in [0.15, 0.2) is 6.10 Å². The van der Waals surface area contributed by atoms with Crippen LogP contribution in [-0.2, 0) is 9.63 Å². The minimum atomic E-state index is -0.0259. The summed E-state index contributed by atoms with van der Waals surface area (Å²) in [6, 6.07) is 8.29. The van der Waals surface area contributed by atoms with Crippen molar-refractivity contribution >= 4 is 11.6 Å². The highest BCUT2D eigenvalue weighted by atomic mass is 16.6. The molecular formula is C17H24N2O2. The molecule has 0 spiro atoms. The number of likely N-dealkylation sites (N-methyl/N-ethyl adjacent to an activating group) is 1. The Kier molecular flexibility index (Phi) is 5.37. The predicted molar refractivity (Wildman–Crippen MR) is 84.4 cm³/mol. The third-order valence-electron chi connectivity index (χ3n) is 3.74. The highest BCUT2D eigenvalue weighted by Crippen LogP contribution is 2.18. The Hall–Kier alpha value is -1.84. The van der Waals surface area contributed by atoms with E-state index < -0.39 is 0 Å². The minimum Gasteiger partial charge on any atom is -0.390 e. The molecule has 0 N–H and O–H groups in total. The second-order valence-electron chi connectivity index (χ2n) is 5.52. The van der Waals surface area contributed by atoms with Gasteiger partial charge in [0, 0.05) is 19.4 Å². The lowest BCUT2D eigenvalue weighted by Gasteiger charge is -2.23. The van der Waals surface area contributed by atoms with Crippen LogP contribution in [0.2, 0.25) is 0 Å². The van der Waals surface area contributed by atoms with E-state index in [2.05, 4.69) is 36.3 Å². The molecular weight excluding hydrogens is 264 g/mol. The SMILES string of the molecule is CCCC(=O)N(CC)CC1CC(c2ccc(C)cc2)=NO1. The molecule has 1 atom stereocenters. The Balaban J connectivity index is 1.91. The maximum Gasteiger partial charge on any atom is 0.222 e. The molecule has 0 bridgehead atoms. The van der Waals surface area contributed by atoms with Crippen LogP contribution in [0.15, 0.2) is 29.4 Å². The van der Waals surface area contributed by atoms with E-state index in [0.29, 0.717) is 13.0 Å². The van der Waals surface area contributed by atoms with Crippen LogP contribution in [0.1, 0.15) is 44.2 Å². The van der Waals surface area contributed by atoms with Gasteiger partial charge in [0.25, 0.3) is 0 Å². The molecule has 1 aliphatic heterocycles. The topological polar surface area (TPSA) is 41.9 Å². The van der Waals surface area contributed by atoms with E-state index in [4.69, 9.17) is 4.84 Å². The Morgan fingerprint density at radius 3 is 2.67 bits per heavy atom. The smallest absolute Gasteiger partial charge is 0.222 e. The number of carbonyl (C=O) groups excluding carboxylic acids is 1. The summed E-state index contributed by atoms with van der Waals surface area (Å²) in [6.45, 7) is 7.44. The van der Waals surface area contributed by atoms with E-state index in [-0.39, 0.29) is 12.0 Å². The van der Waals surface area contributed by atoms with Gasteiger partial charge >= 0.3 is 0 Å². The molecule has 0 fully saturated rings. The van der Waals surface area contributed by atoms with Gasteiger partial charge in [0.2, 0.25) is 5.91 Å². The highest BCUT2D eigenvalue weighted by molar-refractivity contribution is 6.01. The monoisotopic (exact) mass is 288 g/mol.